The third-order valence-corrected chi connectivity index (χ3v) is 1.98. The van der Waals surface area contributed by atoms with Crippen LogP contribution < -0.4 is 11.1 Å². The van der Waals surface area contributed by atoms with Gasteiger partial charge in [-0.3, -0.25) is 10.1 Å². The number of nitrogens with zero attached hydrogens (tertiary/aromatic N) is 3. The first-order chi connectivity index (χ1) is 7.04. The molecule has 0 amide bonds. The summed E-state index contributed by atoms with van der Waals surface area (Å²) in [5.74, 6) is 0.188. The minimum absolute atomic E-state index is 0.124. The fraction of sp³-hybridized carbons (Fsp3) is 0.500. The molecule has 0 aromatic carbocycles. The summed E-state index contributed by atoms with van der Waals surface area (Å²) in [6, 6.07) is 0.200. The van der Waals surface area contributed by atoms with Crippen molar-refractivity contribution in [3.8, 4) is 0 Å². The van der Waals surface area contributed by atoms with Crippen molar-refractivity contribution < 1.29 is 4.92 Å². The Bertz CT molecular complexity index is 368. The number of nitrogens with one attached hydrogen (secondary N) is 1. The molecule has 0 aliphatic rings. The van der Waals surface area contributed by atoms with E-state index in [1.54, 1.807) is 0 Å². The number of nitrogens with two attached hydrogens (primary N) is 1. The van der Waals surface area contributed by atoms with Crippen LogP contribution in [0.2, 0.25) is 0 Å². The number of rotatable bonds is 4. The number of anilines is 2. The van der Waals surface area contributed by atoms with Crippen LogP contribution >= 0.6 is 0 Å². The average molecular weight is 211 g/mol. The minimum atomic E-state index is -0.609. The number of nitro groups is 1. The van der Waals surface area contributed by atoms with E-state index in [0.717, 1.165) is 12.6 Å². The molecule has 0 aliphatic heterocycles. The van der Waals surface area contributed by atoms with E-state index in [4.69, 9.17) is 5.73 Å². The molecule has 0 unspecified atom stereocenters. The van der Waals surface area contributed by atoms with Crippen LogP contribution in [-0.2, 0) is 0 Å². The van der Waals surface area contributed by atoms with Crippen molar-refractivity contribution in [2.75, 3.05) is 11.1 Å². The Morgan fingerprint density at radius 3 is 2.87 bits per heavy atom. The summed E-state index contributed by atoms with van der Waals surface area (Å²) in [5.41, 5.74) is 5.13. The van der Waals surface area contributed by atoms with Gasteiger partial charge in [-0.1, -0.05) is 6.92 Å². The third kappa shape index (κ3) is 2.76. The number of hydrogen-bond acceptors (Lipinski definition) is 6. The lowest BCUT2D eigenvalue weighted by Gasteiger charge is -2.10. The Labute approximate surface area is 86.9 Å². The highest BCUT2D eigenvalue weighted by Crippen LogP contribution is 2.18. The lowest BCUT2D eigenvalue weighted by Crippen LogP contribution is -2.16. The summed E-state index contributed by atoms with van der Waals surface area (Å²) in [4.78, 5) is 17.4. The number of hydrogen-bond donors (Lipinski definition) is 2. The SMILES string of the molecule is CC[C@H](C)Nc1ncc([N+](=O)[O-])c(N)n1. The van der Waals surface area contributed by atoms with E-state index in [1.165, 1.54) is 0 Å². The zero-order valence-electron chi connectivity index (χ0n) is 8.60. The highest BCUT2D eigenvalue weighted by Gasteiger charge is 2.14. The van der Waals surface area contributed by atoms with Gasteiger partial charge < -0.3 is 11.1 Å². The van der Waals surface area contributed by atoms with Crippen LogP contribution in [0.4, 0.5) is 17.5 Å². The van der Waals surface area contributed by atoms with E-state index < -0.39 is 4.92 Å². The van der Waals surface area contributed by atoms with E-state index >= 15 is 0 Å². The highest BCUT2D eigenvalue weighted by atomic mass is 16.6. The third-order valence-electron chi connectivity index (χ3n) is 1.98. The Kier molecular flexibility index (Phi) is 3.37. The second-order valence-electron chi connectivity index (χ2n) is 3.17. The van der Waals surface area contributed by atoms with E-state index in [-0.39, 0.29) is 17.5 Å². The summed E-state index contributed by atoms with van der Waals surface area (Å²) in [6.45, 7) is 3.97. The van der Waals surface area contributed by atoms with Crippen molar-refractivity contribution in [1.29, 1.82) is 0 Å². The van der Waals surface area contributed by atoms with E-state index in [1.807, 2.05) is 13.8 Å². The topological polar surface area (TPSA) is 107 Å². The molecule has 7 heteroatoms. The van der Waals surface area contributed by atoms with Crippen molar-refractivity contribution in [3.05, 3.63) is 16.3 Å². The molecule has 1 atom stereocenters. The lowest BCUT2D eigenvalue weighted by atomic mass is 10.3. The fourth-order valence-electron chi connectivity index (χ4n) is 0.921. The van der Waals surface area contributed by atoms with Gasteiger partial charge in [0.2, 0.25) is 11.8 Å². The molecular formula is C8H13N5O2. The van der Waals surface area contributed by atoms with Crippen molar-refractivity contribution in [3.63, 3.8) is 0 Å². The standard InChI is InChI=1S/C8H13N5O2/c1-3-5(2)11-8-10-4-6(13(14)15)7(9)12-8/h4-5H,3H2,1-2H3,(H3,9,10,11,12)/t5-/m0/s1. The molecule has 0 radical (unpaired) electrons. The molecule has 3 N–H and O–H groups in total. The second-order valence-corrected chi connectivity index (χ2v) is 3.17. The molecule has 0 spiro atoms. The van der Waals surface area contributed by atoms with Gasteiger partial charge in [-0.2, -0.15) is 4.98 Å². The molecule has 1 aromatic heterocycles. The predicted molar refractivity (Wildman–Crippen MR) is 56.5 cm³/mol. The highest BCUT2D eigenvalue weighted by molar-refractivity contribution is 5.53. The Balaban J connectivity index is 2.87. The molecule has 7 nitrogen and oxygen atoms in total. The predicted octanol–water partition coefficient (Wildman–Crippen LogP) is 1.18. The molecule has 0 fully saturated rings. The molecule has 0 aliphatic carbocycles. The lowest BCUT2D eigenvalue weighted by molar-refractivity contribution is -0.384. The average Bonchev–Trinajstić information content (AvgIpc) is 2.17. The summed E-state index contributed by atoms with van der Waals surface area (Å²) in [5, 5.41) is 13.4. The molecule has 15 heavy (non-hydrogen) atoms. The summed E-state index contributed by atoms with van der Waals surface area (Å²) < 4.78 is 0. The first-order valence-electron chi connectivity index (χ1n) is 4.58. The molecule has 0 saturated carbocycles. The second kappa shape index (κ2) is 4.54. The maximum atomic E-state index is 10.4. The largest absolute Gasteiger partial charge is 0.378 e. The van der Waals surface area contributed by atoms with Crippen molar-refractivity contribution in [2.24, 2.45) is 0 Å². The summed E-state index contributed by atoms with van der Waals surface area (Å²) in [6.07, 6.45) is 2.01. The van der Waals surface area contributed by atoms with Gasteiger partial charge in [-0.15, -0.1) is 0 Å². The van der Waals surface area contributed by atoms with E-state index in [9.17, 15) is 10.1 Å². The van der Waals surface area contributed by atoms with Crippen LogP contribution in [0.15, 0.2) is 6.20 Å². The van der Waals surface area contributed by atoms with Gasteiger partial charge in [-0.25, -0.2) is 4.98 Å². The zero-order valence-corrected chi connectivity index (χ0v) is 8.60. The van der Waals surface area contributed by atoms with Crippen LogP contribution in [-0.4, -0.2) is 20.9 Å². The minimum Gasteiger partial charge on any atom is -0.378 e. The van der Waals surface area contributed by atoms with Gasteiger partial charge in [0.25, 0.3) is 0 Å². The first kappa shape index (κ1) is 11.2. The molecule has 1 rings (SSSR count). The van der Waals surface area contributed by atoms with Gasteiger partial charge >= 0.3 is 5.69 Å². The molecule has 82 valence electrons. The molecular weight excluding hydrogens is 198 g/mol. The molecule has 0 saturated heterocycles. The zero-order chi connectivity index (χ0) is 11.4. The van der Waals surface area contributed by atoms with E-state index in [2.05, 4.69) is 15.3 Å². The van der Waals surface area contributed by atoms with Crippen molar-refractivity contribution in [1.82, 2.24) is 9.97 Å². The maximum Gasteiger partial charge on any atom is 0.329 e. The smallest absolute Gasteiger partial charge is 0.329 e. The van der Waals surface area contributed by atoms with Gasteiger partial charge in [-0.05, 0) is 13.3 Å². The van der Waals surface area contributed by atoms with Crippen LogP contribution in [0.3, 0.4) is 0 Å². The summed E-state index contributed by atoms with van der Waals surface area (Å²) in [7, 11) is 0. The molecule has 0 bridgehead atoms. The van der Waals surface area contributed by atoms with Gasteiger partial charge in [0.15, 0.2) is 0 Å². The quantitative estimate of drug-likeness (QED) is 0.572. The van der Waals surface area contributed by atoms with E-state index in [0.29, 0.717) is 5.95 Å². The van der Waals surface area contributed by atoms with Gasteiger partial charge in [0, 0.05) is 6.04 Å². The van der Waals surface area contributed by atoms with Crippen LogP contribution in [0.1, 0.15) is 20.3 Å². The van der Waals surface area contributed by atoms with Crippen LogP contribution in [0, 0.1) is 10.1 Å². The van der Waals surface area contributed by atoms with Crippen LogP contribution in [0.25, 0.3) is 0 Å². The van der Waals surface area contributed by atoms with Gasteiger partial charge in [0.1, 0.15) is 6.20 Å². The van der Waals surface area contributed by atoms with Crippen LogP contribution in [0.5, 0.6) is 0 Å². The van der Waals surface area contributed by atoms with Gasteiger partial charge in [0.05, 0.1) is 4.92 Å². The molecule has 1 heterocycles. The van der Waals surface area contributed by atoms with Crippen molar-refractivity contribution in [2.45, 2.75) is 26.3 Å². The maximum absolute atomic E-state index is 10.4. The summed E-state index contributed by atoms with van der Waals surface area (Å²) >= 11 is 0. The number of nitrogen functional groups attached to an aromatic ring is 1. The Morgan fingerprint density at radius 1 is 1.73 bits per heavy atom. The first-order valence-corrected chi connectivity index (χ1v) is 4.58. The number of aromatic nitrogens is 2. The monoisotopic (exact) mass is 211 g/mol. The normalized spacial score (nSPS) is 12.1. The molecule has 1 aromatic rings. The fourth-order valence-corrected chi connectivity index (χ4v) is 0.921. The Hall–Kier alpha value is -1.92. The Morgan fingerprint density at radius 2 is 2.40 bits per heavy atom. The van der Waals surface area contributed by atoms with Crippen molar-refractivity contribution >= 4 is 17.5 Å².